The number of rotatable bonds is 12. The summed E-state index contributed by atoms with van der Waals surface area (Å²) in [4.78, 5) is 4.48. The summed E-state index contributed by atoms with van der Waals surface area (Å²) in [6, 6.07) is 17.1. The Labute approximate surface area is 172 Å². The van der Waals surface area contributed by atoms with Crippen LogP contribution in [0.4, 0.5) is 0 Å². The third-order valence-electron chi connectivity index (χ3n) is 4.60. The normalized spacial score (nSPS) is 10.9. The van der Waals surface area contributed by atoms with Gasteiger partial charge < -0.3 is 10.1 Å². The van der Waals surface area contributed by atoms with E-state index in [1.165, 1.54) is 24.0 Å². The molecule has 147 valence electrons. The lowest BCUT2D eigenvalue weighted by molar-refractivity contribution is 0.306. The Morgan fingerprint density at radius 1 is 1.00 bits per heavy atom. The lowest BCUT2D eigenvalue weighted by Gasteiger charge is -2.12. The van der Waals surface area contributed by atoms with Crippen molar-refractivity contribution < 1.29 is 4.74 Å². The standard InChI is InChI=1S/C24H29N2OS/c1-2-14-25-19-21-12-13-23(22(18-21)24-26-15-17-28-24)27-16-8-4-7-11-20-9-5-3-6-10-20/h3,5-6,9-10,12-13,15,17-18,25H,1-2,4,7-8,11,14,16,19H2. The van der Waals surface area contributed by atoms with E-state index in [4.69, 9.17) is 4.74 Å². The Hall–Kier alpha value is -2.17. The lowest BCUT2D eigenvalue weighted by atomic mass is 10.1. The minimum Gasteiger partial charge on any atom is -0.493 e. The molecule has 1 radical (unpaired) electrons. The number of nitrogens with one attached hydrogen (secondary N) is 1. The summed E-state index contributed by atoms with van der Waals surface area (Å²) in [6.07, 6.45) is 7.32. The van der Waals surface area contributed by atoms with Crippen molar-refractivity contribution in [1.82, 2.24) is 10.3 Å². The van der Waals surface area contributed by atoms with Gasteiger partial charge in [-0.05, 0) is 61.9 Å². The smallest absolute Gasteiger partial charge is 0.129 e. The molecule has 2 aromatic carbocycles. The maximum Gasteiger partial charge on any atom is 0.129 e. The van der Waals surface area contributed by atoms with Crippen molar-refractivity contribution in [1.29, 1.82) is 0 Å². The van der Waals surface area contributed by atoms with Gasteiger partial charge in [-0.1, -0.05) is 43.3 Å². The van der Waals surface area contributed by atoms with Crippen LogP contribution in [0.15, 0.2) is 60.1 Å². The molecule has 0 saturated carbocycles. The van der Waals surface area contributed by atoms with Crippen molar-refractivity contribution in [3.05, 3.63) is 78.2 Å². The van der Waals surface area contributed by atoms with Gasteiger partial charge in [0.05, 0.1) is 12.2 Å². The number of hydrogen-bond donors (Lipinski definition) is 1. The monoisotopic (exact) mass is 393 g/mol. The molecule has 0 unspecified atom stereocenters. The van der Waals surface area contributed by atoms with Crippen molar-refractivity contribution in [2.24, 2.45) is 0 Å². The molecular weight excluding hydrogens is 364 g/mol. The van der Waals surface area contributed by atoms with Gasteiger partial charge in [0, 0.05) is 18.1 Å². The highest BCUT2D eigenvalue weighted by molar-refractivity contribution is 7.13. The summed E-state index contributed by atoms with van der Waals surface area (Å²) in [5.41, 5.74) is 3.75. The minimum atomic E-state index is 0.742. The van der Waals surface area contributed by atoms with Gasteiger partial charge in [0.25, 0.3) is 0 Å². The summed E-state index contributed by atoms with van der Waals surface area (Å²) < 4.78 is 6.13. The van der Waals surface area contributed by atoms with E-state index >= 15 is 0 Å². The SMILES string of the molecule is [CH2]CCNCc1ccc(OCCCCCc2ccccc2)c(-c2nccs2)c1. The first-order chi connectivity index (χ1) is 13.9. The van der Waals surface area contributed by atoms with E-state index in [-0.39, 0.29) is 0 Å². The van der Waals surface area contributed by atoms with Crippen LogP contribution in [-0.2, 0) is 13.0 Å². The predicted octanol–water partition coefficient (Wildman–Crippen LogP) is 5.92. The van der Waals surface area contributed by atoms with E-state index in [0.717, 1.165) is 55.3 Å². The van der Waals surface area contributed by atoms with Crippen LogP contribution in [0.3, 0.4) is 0 Å². The van der Waals surface area contributed by atoms with Gasteiger partial charge in [0.2, 0.25) is 0 Å². The fourth-order valence-electron chi connectivity index (χ4n) is 3.13. The summed E-state index contributed by atoms with van der Waals surface area (Å²) in [5.74, 6) is 0.930. The fourth-order valence-corrected chi connectivity index (χ4v) is 3.79. The number of aryl methyl sites for hydroxylation is 1. The molecule has 0 bridgehead atoms. The Kier molecular flexibility index (Phi) is 8.54. The van der Waals surface area contributed by atoms with Crippen LogP contribution >= 0.6 is 11.3 Å². The van der Waals surface area contributed by atoms with E-state index in [9.17, 15) is 0 Å². The van der Waals surface area contributed by atoms with Crippen LogP contribution in [0.5, 0.6) is 5.75 Å². The van der Waals surface area contributed by atoms with E-state index in [0.29, 0.717) is 0 Å². The first kappa shape index (κ1) is 20.6. The van der Waals surface area contributed by atoms with Gasteiger partial charge in [-0.15, -0.1) is 11.3 Å². The molecule has 4 heteroatoms. The Morgan fingerprint density at radius 3 is 2.68 bits per heavy atom. The van der Waals surface area contributed by atoms with Gasteiger partial charge in [-0.3, -0.25) is 0 Å². The van der Waals surface area contributed by atoms with E-state index in [2.05, 4.69) is 65.8 Å². The molecule has 1 aromatic heterocycles. The molecule has 3 rings (SSSR count). The van der Waals surface area contributed by atoms with Crippen molar-refractivity contribution in [3.8, 4) is 16.3 Å². The average Bonchev–Trinajstić information content (AvgIpc) is 3.27. The third-order valence-corrected chi connectivity index (χ3v) is 5.41. The van der Waals surface area contributed by atoms with Crippen molar-refractivity contribution >= 4 is 11.3 Å². The zero-order valence-corrected chi connectivity index (χ0v) is 17.2. The van der Waals surface area contributed by atoms with Crippen molar-refractivity contribution in [2.75, 3.05) is 13.2 Å². The second kappa shape index (κ2) is 11.6. The average molecular weight is 394 g/mol. The highest BCUT2D eigenvalue weighted by Gasteiger charge is 2.10. The van der Waals surface area contributed by atoms with Crippen LogP contribution < -0.4 is 10.1 Å². The largest absolute Gasteiger partial charge is 0.493 e. The molecule has 0 amide bonds. The number of nitrogens with zero attached hydrogens (tertiary/aromatic N) is 1. The topological polar surface area (TPSA) is 34.1 Å². The number of unbranched alkanes of at least 4 members (excludes halogenated alkanes) is 2. The molecule has 28 heavy (non-hydrogen) atoms. The predicted molar refractivity (Wildman–Crippen MR) is 119 cm³/mol. The second-order valence-corrected chi connectivity index (χ2v) is 7.74. The number of hydrogen-bond acceptors (Lipinski definition) is 4. The quantitative estimate of drug-likeness (QED) is 0.388. The van der Waals surface area contributed by atoms with Crippen LogP contribution in [-0.4, -0.2) is 18.1 Å². The number of thiazole rings is 1. The van der Waals surface area contributed by atoms with Gasteiger partial charge in [0.15, 0.2) is 0 Å². The third kappa shape index (κ3) is 6.47. The maximum absolute atomic E-state index is 6.13. The van der Waals surface area contributed by atoms with Crippen LogP contribution in [0.1, 0.15) is 36.8 Å². The number of benzene rings is 2. The van der Waals surface area contributed by atoms with Crippen molar-refractivity contribution in [2.45, 2.75) is 38.6 Å². The van der Waals surface area contributed by atoms with Crippen LogP contribution in [0.2, 0.25) is 0 Å². The lowest BCUT2D eigenvalue weighted by Crippen LogP contribution is -2.13. The molecule has 0 fully saturated rings. The van der Waals surface area contributed by atoms with Gasteiger partial charge in [-0.25, -0.2) is 4.98 Å². The Morgan fingerprint density at radius 2 is 1.89 bits per heavy atom. The van der Waals surface area contributed by atoms with Gasteiger partial charge in [0.1, 0.15) is 10.8 Å². The van der Waals surface area contributed by atoms with E-state index < -0.39 is 0 Å². The molecule has 1 heterocycles. The van der Waals surface area contributed by atoms with Gasteiger partial charge in [-0.2, -0.15) is 0 Å². The second-order valence-electron chi connectivity index (χ2n) is 6.84. The first-order valence-corrected chi connectivity index (χ1v) is 10.9. The molecule has 1 N–H and O–H groups in total. The summed E-state index contributed by atoms with van der Waals surface area (Å²) in [5, 5.41) is 6.43. The fraction of sp³-hybridized carbons (Fsp3) is 0.333. The van der Waals surface area contributed by atoms with E-state index in [1.807, 2.05) is 11.6 Å². The minimum absolute atomic E-state index is 0.742. The van der Waals surface area contributed by atoms with Crippen LogP contribution in [0.25, 0.3) is 10.6 Å². The zero-order valence-electron chi connectivity index (χ0n) is 16.4. The number of aromatic nitrogens is 1. The molecule has 0 atom stereocenters. The highest BCUT2D eigenvalue weighted by Crippen LogP contribution is 2.32. The highest BCUT2D eigenvalue weighted by atomic mass is 32.1. The van der Waals surface area contributed by atoms with Crippen molar-refractivity contribution in [3.63, 3.8) is 0 Å². The summed E-state index contributed by atoms with van der Waals surface area (Å²) in [7, 11) is 0. The maximum atomic E-state index is 6.13. The molecular formula is C24H29N2OS. The molecule has 0 saturated heterocycles. The zero-order chi connectivity index (χ0) is 19.4. The van der Waals surface area contributed by atoms with Crippen LogP contribution in [0, 0.1) is 6.92 Å². The molecule has 3 aromatic rings. The molecule has 0 spiro atoms. The Bertz CT molecular complexity index is 803. The first-order valence-electron chi connectivity index (χ1n) is 10.1. The summed E-state index contributed by atoms with van der Waals surface area (Å²) >= 11 is 1.65. The number of ether oxygens (including phenoxy) is 1. The van der Waals surface area contributed by atoms with E-state index in [1.54, 1.807) is 11.3 Å². The summed E-state index contributed by atoms with van der Waals surface area (Å²) in [6.45, 7) is 6.38. The molecule has 0 aliphatic heterocycles. The van der Waals surface area contributed by atoms with Gasteiger partial charge >= 0.3 is 0 Å². The molecule has 0 aliphatic rings. The molecule has 3 nitrogen and oxygen atoms in total. The Balaban J connectivity index is 1.51. The molecule has 0 aliphatic carbocycles.